The first kappa shape index (κ1) is 20.1. The van der Waals surface area contributed by atoms with Gasteiger partial charge in [-0.3, -0.25) is 9.36 Å². The number of nitrogens with one attached hydrogen (secondary N) is 2. The third-order valence-corrected chi connectivity index (χ3v) is 6.59. The SMILES string of the molecule is CC(Sc1nnc(-c2c[nH]c3ccccc23)n1C1CC1)C(=O)Nc1ccc(F)c(Cl)c1. The van der Waals surface area contributed by atoms with Gasteiger partial charge in [-0.15, -0.1) is 10.2 Å². The van der Waals surface area contributed by atoms with Gasteiger partial charge >= 0.3 is 0 Å². The highest BCUT2D eigenvalue weighted by atomic mass is 35.5. The number of para-hydroxylation sites is 1. The minimum atomic E-state index is -0.524. The third-order valence-electron chi connectivity index (χ3n) is 5.25. The molecule has 0 saturated heterocycles. The Morgan fingerprint density at radius 3 is 2.87 bits per heavy atom. The largest absolute Gasteiger partial charge is 0.360 e. The van der Waals surface area contributed by atoms with Crippen LogP contribution in [0.15, 0.2) is 53.8 Å². The molecule has 1 amide bonds. The maximum absolute atomic E-state index is 13.4. The second-order valence-electron chi connectivity index (χ2n) is 7.53. The van der Waals surface area contributed by atoms with E-state index >= 15 is 0 Å². The zero-order chi connectivity index (χ0) is 21.5. The van der Waals surface area contributed by atoms with Crippen LogP contribution in [-0.2, 0) is 4.79 Å². The van der Waals surface area contributed by atoms with E-state index in [9.17, 15) is 9.18 Å². The summed E-state index contributed by atoms with van der Waals surface area (Å²) >= 11 is 7.16. The first-order valence-electron chi connectivity index (χ1n) is 9.95. The number of hydrogen-bond acceptors (Lipinski definition) is 4. The van der Waals surface area contributed by atoms with Crippen molar-refractivity contribution in [2.45, 2.75) is 36.2 Å². The summed E-state index contributed by atoms with van der Waals surface area (Å²) in [6.45, 7) is 1.81. The number of aromatic amines is 1. The van der Waals surface area contributed by atoms with Gasteiger partial charge in [-0.05, 0) is 44.0 Å². The van der Waals surface area contributed by atoms with Crippen molar-refractivity contribution in [3.63, 3.8) is 0 Å². The molecule has 1 saturated carbocycles. The fourth-order valence-corrected chi connectivity index (χ4v) is 4.59. The average molecular weight is 456 g/mol. The van der Waals surface area contributed by atoms with Gasteiger partial charge in [-0.2, -0.15) is 0 Å². The zero-order valence-electron chi connectivity index (χ0n) is 16.6. The highest BCUT2D eigenvalue weighted by Gasteiger charge is 2.32. The van der Waals surface area contributed by atoms with E-state index in [4.69, 9.17) is 11.6 Å². The molecule has 2 heterocycles. The smallest absolute Gasteiger partial charge is 0.237 e. The Hall–Kier alpha value is -2.84. The molecule has 6 nitrogen and oxygen atoms in total. The van der Waals surface area contributed by atoms with Gasteiger partial charge in [0, 0.05) is 34.4 Å². The van der Waals surface area contributed by atoms with E-state index in [-0.39, 0.29) is 10.9 Å². The normalized spacial score (nSPS) is 14.7. The highest BCUT2D eigenvalue weighted by Crippen LogP contribution is 2.42. The van der Waals surface area contributed by atoms with Crippen LogP contribution < -0.4 is 5.32 Å². The van der Waals surface area contributed by atoms with Crippen molar-refractivity contribution in [1.29, 1.82) is 0 Å². The first-order valence-corrected chi connectivity index (χ1v) is 11.2. The van der Waals surface area contributed by atoms with Gasteiger partial charge in [0.15, 0.2) is 11.0 Å². The number of benzene rings is 2. The lowest BCUT2D eigenvalue weighted by Crippen LogP contribution is -2.23. The van der Waals surface area contributed by atoms with E-state index in [0.717, 1.165) is 35.1 Å². The lowest BCUT2D eigenvalue weighted by molar-refractivity contribution is -0.115. The van der Waals surface area contributed by atoms with Gasteiger partial charge < -0.3 is 10.3 Å². The summed E-state index contributed by atoms with van der Waals surface area (Å²) in [6, 6.07) is 12.5. The molecule has 0 spiro atoms. The number of thioether (sulfide) groups is 1. The van der Waals surface area contributed by atoms with Crippen LogP contribution in [0.25, 0.3) is 22.3 Å². The van der Waals surface area contributed by atoms with Gasteiger partial charge in [-0.25, -0.2) is 4.39 Å². The zero-order valence-corrected chi connectivity index (χ0v) is 18.2. The number of rotatable bonds is 6. The Labute approximate surface area is 187 Å². The number of halogens is 2. The number of amides is 1. The third kappa shape index (κ3) is 3.93. The standard InChI is InChI=1S/C22H19ClFN5OS/c1-12(21(30)26-13-6-9-18(24)17(23)10-13)31-22-28-27-20(29(22)14-7-8-14)16-11-25-19-5-3-2-4-15(16)19/h2-6,9-12,14,25H,7-8H2,1H3,(H,26,30). The monoisotopic (exact) mass is 455 g/mol. The van der Waals surface area contributed by atoms with Gasteiger partial charge in [-0.1, -0.05) is 41.6 Å². The molecule has 0 radical (unpaired) electrons. The number of nitrogens with zero attached hydrogens (tertiary/aromatic N) is 3. The quantitative estimate of drug-likeness (QED) is 0.367. The summed E-state index contributed by atoms with van der Waals surface area (Å²) in [5, 5.41) is 13.0. The van der Waals surface area contributed by atoms with Crippen LogP contribution in [0.2, 0.25) is 5.02 Å². The predicted octanol–water partition coefficient (Wildman–Crippen LogP) is 5.67. The summed E-state index contributed by atoms with van der Waals surface area (Å²) < 4.78 is 15.5. The fraction of sp³-hybridized carbons (Fsp3) is 0.227. The minimum absolute atomic E-state index is 0.0325. The van der Waals surface area contributed by atoms with Crippen molar-refractivity contribution >= 4 is 45.9 Å². The van der Waals surface area contributed by atoms with Gasteiger partial charge in [0.05, 0.1) is 10.3 Å². The lowest BCUT2D eigenvalue weighted by atomic mass is 10.1. The van der Waals surface area contributed by atoms with Crippen LogP contribution in [0, 0.1) is 5.82 Å². The van der Waals surface area contributed by atoms with Crippen LogP contribution in [0.3, 0.4) is 0 Å². The van der Waals surface area contributed by atoms with E-state index < -0.39 is 11.1 Å². The Balaban J connectivity index is 1.39. The van der Waals surface area contributed by atoms with Gasteiger partial charge in [0.2, 0.25) is 5.91 Å². The minimum Gasteiger partial charge on any atom is -0.360 e. The van der Waals surface area contributed by atoms with Crippen molar-refractivity contribution in [2.24, 2.45) is 0 Å². The number of carbonyl (C=O) groups excluding carboxylic acids is 1. The molecule has 2 aromatic heterocycles. The molecule has 0 aliphatic heterocycles. The average Bonchev–Trinajstić information content (AvgIpc) is 3.38. The summed E-state index contributed by atoms with van der Waals surface area (Å²) in [7, 11) is 0. The molecule has 1 atom stereocenters. The lowest BCUT2D eigenvalue weighted by Gasteiger charge is -2.13. The van der Waals surface area contributed by atoms with Gasteiger partial charge in [0.25, 0.3) is 0 Å². The maximum Gasteiger partial charge on any atom is 0.237 e. The van der Waals surface area contributed by atoms with Crippen molar-refractivity contribution < 1.29 is 9.18 Å². The van der Waals surface area contributed by atoms with E-state index in [2.05, 4.69) is 31.1 Å². The molecule has 4 aromatic rings. The van der Waals surface area contributed by atoms with Crippen LogP contribution in [0.4, 0.5) is 10.1 Å². The number of carbonyl (C=O) groups is 1. The molecule has 2 aromatic carbocycles. The van der Waals surface area contributed by atoms with E-state index in [0.29, 0.717) is 16.9 Å². The number of hydrogen-bond donors (Lipinski definition) is 2. The summed E-state index contributed by atoms with van der Waals surface area (Å²) in [4.78, 5) is 16.0. The first-order chi connectivity index (χ1) is 15.0. The van der Waals surface area contributed by atoms with Crippen LogP contribution in [-0.4, -0.2) is 30.9 Å². The van der Waals surface area contributed by atoms with Crippen molar-refractivity contribution in [1.82, 2.24) is 19.7 Å². The Morgan fingerprint density at radius 1 is 1.29 bits per heavy atom. The predicted molar refractivity (Wildman–Crippen MR) is 121 cm³/mol. The topological polar surface area (TPSA) is 75.6 Å². The summed E-state index contributed by atoms with van der Waals surface area (Å²) in [5.74, 6) is 0.0662. The molecule has 1 aliphatic carbocycles. The molecule has 9 heteroatoms. The molecule has 2 N–H and O–H groups in total. The Bertz CT molecular complexity index is 1280. The van der Waals surface area contributed by atoms with Crippen LogP contribution >= 0.6 is 23.4 Å². The Kier molecular flexibility index (Phi) is 5.19. The summed E-state index contributed by atoms with van der Waals surface area (Å²) in [5.41, 5.74) is 2.50. The van der Waals surface area contributed by atoms with Crippen LogP contribution in [0.1, 0.15) is 25.8 Å². The number of aromatic nitrogens is 4. The van der Waals surface area contributed by atoms with Crippen LogP contribution in [0.5, 0.6) is 0 Å². The molecule has 0 bridgehead atoms. The van der Waals surface area contributed by atoms with Gasteiger partial charge in [0.1, 0.15) is 5.82 Å². The van der Waals surface area contributed by atoms with Crippen molar-refractivity contribution in [3.05, 3.63) is 59.5 Å². The Morgan fingerprint density at radius 2 is 2.10 bits per heavy atom. The van der Waals surface area contributed by atoms with Crippen molar-refractivity contribution in [3.8, 4) is 11.4 Å². The molecular formula is C22H19ClFN5OS. The molecule has 1 fully saturated rings. The van der Waals surface area contributed by atoms with E-state index in [1.807, 2.05) is 31.3 Å². The molecule has 5 rings (SSSR count). The number of anilines is 1. The molecule has 31 heavy (non-hydrogen) atoms. The van der Waals surface area contributed by atoms with E-state index in [1.54, 1.807) is 0 Å². The number of H-pyrrole nitrogens is 1. The molecular weight excluding hydrogens is 437 g/mol. The summed E-state index contributed by atoms with van der Waals surface area (Å²) in [6.07, 6.45) is 4.08. The highest BCUT2D eigenvalue weighted by molar-refractivity contribution is 8.00. The van der Waals surface area contributed by atoms with Crippen molar-refractivity contribution in [2.75, 3.05) is 5.32 Å². The maximum atomic E-state index is 13.4. The van der Waals surface area contributed by atoms with E-state index in [1.165, 1.54) is 30.0 Å². The fourth-order valence-electron chi connectivity index (χ4n) is 3.49. The number of fused-ring (bicyclic) bond motifs is 1. The molecule has 1 aliphatic rings. The molecule has 158 valence electrons. The second kappa shape index (κ2) is 8.01. The molecule has 1 unspecified atom stereocenters. The second-order valence-corrected chi connectivity index (χ2v) is 9.25.